The van der Waals surface area contributed by atoms with Crippen molar-refractivity contribution in [3.05, 3.63) is 0 Å². The van der Waals surface area contributed by atoms with Gasteiger partial charge in [0.1, 0.15) is 0 Å². The first-order valence-electron chi connectivity index (χ1n) is 6.11. The standard InChI is InChI=1S/C12H22O2S2/c1-3-4-5-6-7-8-14-11(13)12(2)9-15-16-10-12/h3-10H2,1-2H3. The zero-order valence-corrected chi connectivity index (χ0v) is 11.9. The van der Waals surface area contributed by atoms with E-state index >= 15 is 0 Å². The van der Waals surface area contributed by atoms with Gasteiger partial charge in [-0.1, -0.05) is 54.2 Å². The van der Waals surface area contributed by atoms with Crippen LogP contribution in [0.25, 0.3) is 0 Å². The number of hydrogen-bond acceptors (Lipinski definition) is 4. The van der Waals surface area contributed by atoms with E-state index in [1.165, 1.54) is 25.7 Å². The van der Waals surface area contributed by atoms with Crippen LogP contribution in [0, 0.1) is 5.41 Å². The first kappa shape index (κ1) is 14.2. The van der Waals surface area contributed by atoms with Crippen LogP contribution in [-0.2, 0) is 9.53 Å². The molecule has 0 aromatic carbocycles. The summed E-state index contributed by atoms with van der Waals surface area (Å²) >= 11 is 0. The minimum absolute atomic E-state index is 0.000455. The number of hydrogen-bond donors (Lipinski definition) is 0. The Balaban J connectivity index is 2.06. The Kier molecular flexibility index (Phi) is 6.66. The van der Waals surface area contributed by atoms with E-state index in [0.717, 1.165) is 17.9 Å². The van der Waals surface area contributed by atoms with Crippen molar-refractivity contribution in [2.45, 2.75) is 46.0 Å². The molecule has 16 heavy (non-hydrogen) atoms. The van der Waals surface area contributed by atoms with E-state index < -0.39 is 0 Å². The Morgan fingerprint density at radius 2 is 1.81 bits per heavy atom. The third-order valence-electron chi connectivity index (χ3n) is 2.81. The minimum atomic E-state index is -0.237. The van der Waals surface area contributed by atoms with Crippen LogP contribution in [0.15, 0.2) is 0 Å². The molecule has 0 aromatic heterocycles. The van der Waals surface area contributed by atoms with Crippen LogP contribution in [0.4, 0.5) is 0 Å². The molecule has 1 fully saturated rings. The molecule has 0 N–H and O–H groups in total. The summed E-state index contributed by atoms with van der Waals surface area (Å²) in [5, 5.41) is 0. The molecule has 1 rings (SSSR count). The van der Waals surface area contributed by atoms with Crippen molar-refractivity contribution in [2.24, 2.45) is 5.41 Å². The highest BCUT2D eigenvalue weighted by atomic mass is 33.1. The molecule has 0 amide bonds. The maximum atomic E-state index is 11.8. The quantitative estimate of drug-likeness (QED) is 0.395. The molecule has 0 spiro atoms. The van der Waals surface area contributed by atoms with E-state index in [0.29, 0.717) is 6.61 Å². The van der Waals surface area contributed by atoms with Gasteiger partial charge in [-0.25, -0.2) is 0 Å². The van der Waals surface area contributed by atoms with Gasteiger partial charge < -0.3 is 4.74 Å². The van der Waals surface area contributed by atoms with Crippen molar-refractivity contribution >= 4 is 27.6 Å². The number of carbonyl (C=O) groups is 1. The molecule has 0 saturated carbocycles. The zero-order chi connectivity index (χ0) is 11.9. The highest BCUT2D eigenvalue weighted by Crippen LogP contribution is 2.43. The number of carbonyl (C=O) groups excluding carboxylic acids is 1. The number of esters is 1. The molecule has 0 unspecified atom stereocenters. The molecular weight excluding hydrogens is 240 g/mol. The predicted molar refractivity (Wildman–Crippen MR) is 72.7 cm³/mol. The zero-order valence-electron chi connectivity index (χ0n) is 10.3. The molecule has 0 aliphatic carbocycles. The summed E-state index contributed by atoms with van der Waals surface area (Å²) in [6.07, 6.45) is 6.01. The molecular formula is C12H22O2S2. The fourth-order valence-corrected chi connectivity index (χ4v) is 4.86. The van der Waals surface area contributed by atoms with Crippen LogP contribution in [0.2, 0.25) is 0 Å². The normalized spacial score (nSPS) is 18.6. The van der Waals surface area contributed by atoms with E-state index in [1.54, 1.807) is 21.6 Å². The third-order valence-corrected chi connectivity index (χ3v) is 5.70. The summed E-state index contributed by atoms with van der Waals surface area (Å²) in [6.45, 7) is 4.82. The van der Waals surface area contributed by atoms with Gasteiger partial charge in [-0.05, 0) is 13.3 Å². The van der Waals surface area contributed by atoms with Gasteiger partial charge in [-0.15, -0.1) is 0 Å². The molecule has 2 nitrogen and oxygen atoms in total. The smallest absolute Gasteiger partial charge is 0.313 e. The SMILES string of the molecule is CCCCCCCOC(=O)C1(C)CSSC1. The molecule has 1 saturated heterocycles. The van der Waals surface area contributed by atoms with E-state index in [9.17, 15) is 4.79 Å². The molecule has 94 valence electrons. The highest BCUT2D eigenvalue weighted by Gasteiger charge is 2.39. The van der Waals surface area contributed by atoms with Crippen molar-refractivity contribution in [3.8, 4) is 0 Å². The molecule has 4 heteroatoms. The number of ether oxygens (including phenoxy) is 1. The van der Waals surface area contributed by atoms with Crippen LogP contribution in [0.1, 0.15) is 46.0 Å². The second-order valence-corrected chi connectivity index (χ2v) is 7.10. The summed E-state index contributed by atoms with van der Waals surface area (Å²) in [4.78, 5) is 11.8. The van der Waals surface area contributed by atoms with E-state index in [-0.39, 0.29) is 11.4 Å². The maximum Gasteiger partial charge on any atom is 0.313 e. The summed E-state index contributed by atoms with van der Waals surface area (Å²) in [6, 6.07) is 0. The maximum absolute atomic E-state index is 11.8. The van der Waals surface area contributed by atoms with Crippen LogP contribution >= 0.6 is 21.6 Å². The van der Waals surface area contributed by atoms with Crippen molar-refractivity contribution < 1.29 is 9.53 Å². The lowest BCUT2D eigenvalue weighted by atomic mass is 9.96. The Bertz CT molecular complexity index is 213. The molecule has 1 aliphatic heterocycles. The second-order valence-electron chi connectivity index (χ2n) is 4.64. The lowest BCUT2D eigenvalue weighted by Gasteiger charge is -2.19. The average Bonchev–Trinajstić information content (AvgIpc) is 2.71. The largest absolute Gasteiger partial charge is 0.465 e. The van der Waals surface area contributed by atoms with Crippen molar-refractivity contribution in [2.75, 3.05) is 18.1 Å². The fourth-order valence-electron chi connectivity index (χ4n) is 1.55. The first-order valence-corrected chi connectivity index (χ1v) is 8.59. The fraction of sp³-hybridized carbons (Fsp3) is 0.917. The van der Waals surface area contributed by atoms with Gasteiger partial charge in [0, 0.05) is 11.5 Å². The van der Waals surface area contributed by atoms with Crippen LogP contribution in [0.3, 0.4) is 0 Å². The summed E-state index contributed by atoms with van der Waals surface area (Å²) in [7, 11) is 3.55. The molecule has 1 heterocycles. The predicted octanol–water partition coefficient (Wildman–Crippen LogP) is 3.90. The molecule has 1 aliphatic rings. The lowest BCUT2D eigenvalue weighted by molar-refractivity contribution is -0.152. The van der Waals surface area contributed by atoms with Gasteiger partial charge in [-0.2, -0.15) is 0 Å². The third kappa shape index (κ3) is 4.58. The van der Waals surface area contributed by atoms with Crippen molar-refractivity contribution in [1.29, 1.82) is 0 Å². The van der Waals surface area contributed by atoms with E-state index in [4.69, 9.17) is 4.74 Å². The van der Waals surface area contributed by atoms with E-state index in [2.05, 4.69) is 6.92 Å². The summed E-state index contributed by atoms with van der Waals surface area (Å²) in [5.41, 5.74) is -0.237. The first-order chi connectivity index (χ1) is 7.69. The molecule has 0 atom stereocenters. The lowest BCUT2D eigenvalue weighted by Crippen LogP contribution is -2.32. The Hall–Kier alpha value is 0.170. The average molecular weight is 262 g/mol. The summed E-state index contributed by atoms with van der Waals surface area (Å²) < 4.78 is 5.34. The number of unbranched alkanes of at least 4 members (excludes halogenated alkanes) is 4. The topological polar surface area (TPSA) is 26.3 Å². The van der Waals surface area contributed by atoms with Gasteiger partial charge in [0.25, 0.3) is 0 Å². The van der Waals surface area contributed by atoms with Crippen molar-refractivity contribution in [3.63, 3.8) is 0 Å². The van der Waals surface area contributed by atoms with Gasteiger partial charge in [0.2, 0.25) is 0 Å². The molecule has 0 bridgehead atoms. The van der Waals surface area contributed by atoms with Crippen molar-refractivity contribution in [1.82, 2.24) is 0 Å². The van der Waals surface area contributed by atoms with Gasteiger partial charge in [-0.3, -0.25) is 4.79 Å². The summed E-state index contributed by atoms with van der Waals surface area (Å²) in [5.74, 6) is 1.79. The Morgan fingerprint density at radius 3 is 2.44 bits per heavy atom. The molecule has 0 aromatic rings. The van der Waals surface area contributed by atoms with Gasteiger partial charge >= 0.3 is 5.97 Å². The minimum Gasteiger partial charge on any atom is -0.465 e. The van der Waals surface area contributed by atoms with Gasteiger partial charge in [0.15, 0.2) is 0 Å². The molecule has 0 radical (unpaired) electrons. The van der Waals surface area contributed by atoms with Crippen LogP contribution in [-0.4, -0.2) is 24.1 Å². The van der Waals surface area contributed by atoms with E-state index in [1.807, 2.05) is 6.92 Å². The van der Waals surface area contributed by atoms with Gasteiger partial charge in [0.05, 0.1) is 12.0 Å². The Morgan fingerprint density at radius 1 is 1.19 bits per heavy atom. The highest BCUT2D eigenvalue weighted by molar-refractivity contribution is 8.77. The second kappa shape index (κ2) is 7.49. The number of rotatable bonds is 7. The van der Waals surface area contributed by atoms with Crippen LogP contribution in [0.5, 0.6) is 0 Å². The Labute approximate surface area is 107 Å². The monoisotopic (exact) mass is 262 g/mol. The van der Waals surface area contributed by atoms with Crippen LogP contribution < -0.4 is 0 Å².